The van der Waals surface area contributed by atoms with E-state index in [-0.39, 0.29) is 22.6 Å². The molecule has 2 amide bonds. The molecule has 28 heavy (non-hydrogen) atoms. The number of likely N-dealkylation sites (N-methyl/N-ethyl adjacent to an activating group) is 2. The van der Waals surface area contributed by atoms with Gasteiger partial charge in [0.15, 0.2) is 0 Å². The van der Waals surface area contributed by atoms with Gasteiger partial charge in [-0.15, -0.1) is 11.3 Å². The van der Waals surface area contributed by atoms with E-state index in [1.807, 2.05) is 18.7 Å². The van der Waals surface area contributed by atoms with Gasteiger partial charge in [-0.3, -0.25) is 14.5 Å². The molecule has 1 aromatic heterocycles. The highest BCUT2D eigenvalue weighted by molar-refractivity contribution is 7.91. The molecule has 0 bridgehead atoms. The van der Waals surface area contributed by atoms with Gasteiger partial charge in [0.1, 0.15) is 4.21 Å². The summed E-state index contributed by atoms with van der Waals surface area (Å²) in [6.07, 6.45) is 0. The predicted molar refractivity (Wildman–Crippen MR) is 110 cm³/mol. The van der Waals surface area contributed by atoms with Gasteiger partial charge in [-0.05, 0) is 26.0 Å². The molecule has 0 spiro atoms. The Morgan fingerprint density at radius 3 is 2.25 bits per heavy atom. The van der Waals surface area contributed by atoms with Crippen LogP contribution < -0.4 is 0 Å². The Labute approximate surface area is 175 Å². The second-order valence-electron chi connectivity index (χ2n) is 6.54. The Morgan fingerprint density at radius 1 is 1.14 bits per heavy atom. The number of thiophene rings is 1. The van der Waals surface area contributed by atoms with E-state index < -0.39 is 10.0 Å². The topological polar surface area (TPSA) is 81.2 Å². The lowest BCUT2D eigenvalue weighted by molar-refractivity contribution is -0.135. The van der Waals surface area contributed by atoms with Gasteiger partial charge in [-0.2, -0.15) is 4.31 Å². The predicted octanol–water partition coefficient (Wildman–Crippen LogP) is 1.03. The minimum absolute atomic E-state index is 0.0882. The molecule has 1 fully saturated rings. The molecule has 0 aromatic carbocycles. The van der Waals surface area contributed by atoms with E-state index in [2.05, 4.69) is 0 Å². The van der Waals surface area contributed by atoms with Crippen LogP contribution in [0.5, 0.6) is 0 Å². The Balaban J connectivity index is 1.85. The number of amides is 2. The highest BCUT2D eigenvalue weighted by Crippen LogP contribution is 2.27. The van der Waals surface area contributed by atoms with Crippen LogP contribution >= 0.6 is 22.9 Å². The van der Waals surface area contributed by atoms with Gasteiger partial charge in [0, 0.05) is 46.3 Å². The van der Waals surface area contributed by atoms with Crippen LogP contribution in [0.4, 0.5) is 0 Å². The van der Waals surface area contributed by atoms with E-state index in [9.17, 15) is 18.0 Å². The molecular weight excluding hydrogens is 424 g/mol. The van der Waals surface area contributed by atoms with Crippen molar-refractivity contribution < 1.29 is 18.0 Å². The monoisotopic (exact) mass is 450 g/mol. The molecular formula is C17H27ClN4O4S2. The summed E-state index contributed by atoms with van der Waals surface area (Å²) in [7, 11) is -2.35. The number of carbonyl (C=O) groups is 2. The van der Waals surface area contributed by atoms with Crippen molar-refractivity contribution in [3.05, 3.63) is 16.5 Å². The number of sulfonamides is 1. The van der Waals surface area contributed by atoms with E-state index in [0.717, 1.165) is 15.6 Å². The molecule has 0 unspecified atom stereocenters. The fraction of sp³-hybridized carbons (Fsp3) is 0.647. The summed E-state index contributed by atoms with van der Waals surface area (Å²) in [6, 6.07) is 2.96. The van der Waals surface area contributed by atoms with Crippen molar-refractivity contribution in [1.29, 1.82) is 0 Å². The fourth-order valence-electron chi connectivity index (χ4n) is 2.99. The molecule has 2 heterocycles. The highest BCUT2D eigenvalue weighted by atomic mass is 35.5. The first kappa shape index (κ1) is 23.1. The third-order valence-corrected chi connectivity index (χ3v) is 8.27. The number of carbonyl (C=O) groups excluding carboxylic acids is 2. The Hall–Kier alpha value is -1.20. The Kier molecular flexibility index (Phi) is 8.26. The van der Waals surface area contributed by atoms with Gasteiger partial charge in [0.25, 0.3) is 10.0 Å². The maximum absolute atomic E-state index is 12.5. The van der Waals surface area contributed by atoms with Crippen molar-refractivity contribution in [3.8, 4) is 0 Å². The number of piperazine rings is 1. The first-order chi connectivity index (χ1) is 13.2. The van der Waals surface area contributed by atoms with E-state index in [1.165, 1.54) is 19.2 Å². The molecule has 0 atom stereocenters. The summed E-state index contributed by atoms with van der Waals surface area (Å²) < 4.78 is 26.6. The zero-order valence-electron chi connectivity index (χ0n) is 16.4. The first-order valence-electron chi connectivity index (χ1n) is 9.18. The van der Waals surface area contributed by atoms with Crippen LogP contribution in [0.25, 0.3) is 0 Å². The van der Waals surface area contributed by atoms with Crippen LogP contribution in [-0.2, 0) is 19.6 Å². The van der Waals surface area contributed by atoms with Gasteiger partial charge in [0.05, 0.1) is 17.4 Å². The third-order valence-electron chi connectivity index (χ3n) is 4.77. The first-order valence-corrected chi connectivity index (χ1v) is 11.8. The molecule has 2 rings (SSSR count). The van der Waals surface area contributed by atoms with Crippen LogP contribution in [-0.4, -0.2) is 98.6 Å². The van der Waals surface area contributed by atoms with Crippen LogP contribution in [0.1, 0.15) is 13.8 Å². The lowest BCUT2D eigenvalue weighted by atomic mass is 10.3. The number of nitrogens with zero attached hydrogens (tertiary/aromatic N) is 4. The zero-order chi connectivity index (χ0) is 20.9. The maximum atomic E-state index is 12.5. The average molecular weight is 451 g/mol. The smallest absolute Gasteiger partial charge is 0.252 e. The quantitative estimate of drug-likeness (QED) is 0.591. The molecule has 0 aliphatic carbocycles. The van der Waals surface area contributed by atoms with E-state index in [0.29, 0.717) is 50.1 Å². The lowest BCUT2D eigenvalue weighted by Crippen LogP contribution is -2.53. The average Bonchev–Trinajstić information content (AvgIpc) is 3.10. The second kappa shape index (κ2) is 10.0. The van der Waals surface area contributed by atoms with E-state index in [1.54, 1.807) is 9.80 Å². The normalized spacial score (nSPS) is 15.8. The van der Waals surface area contributed by atoms with Crippen LogP contribution in [0.15, 0.2) is 16.3 Å². The number of hydrogen-bond donors (Lipinski definition) is 0. The van der Waals surface area contributed by atoms with Gasteiger partial charge < -0.3 is 9.80 Å². The third kappa shape index (κ3) is 5.66. The van der Waals surface area contributed by atoms with Gasteiger partial charge in [-0.1, -0.05) is 11.6 Å². The van der Waals surface area contributed by atoms with Crippen molar-refractivity contribution in [1.82, 2.24) is 19.0 Å². The molecule has 1 saturated heterocycles. The SMILES string of the molecule is CCN(CC)C(=O)CN1CCN(C(=O)CN(C)S(=O)(=O)c2ccc(Cl)s2)CC1. The van der Waals surface area contributed by atoms with Gasteiger partial charge >= 0.3 is 0 Å². The summed E-state index contributed by atoms with van der Waals surface area (Å²) in [5.74, 6) is -0.159. The Morgan fingerprint density at radius 2 is 1.75 bits per heavy atom. The van der Waals surface area contributed by atoms with Gasteiger partial charge in [-0.25, -0.2) is 8.42 Å². The Bertz CT molecular complexity index is 787. The molecule has 1 aromatic rings. The minimum Gasteiger partial charge on any atom is -0.342 e. The number of hydrogen-bond acceptors (Lipinski definition) is 6. The molecule has 1 aliphatic heterocycles. The number of rotatable bonds is 8. The van der Waals surface area contributed by atoms with Crippen molar-refractivity contribution >= 4 is 44.8 Å². The molecule has 0 N–H and O–H groups in total. The second-order valence-corrected chi connectivity index (χ2v) is 10.5. The molecule has 1 aliphatic rings. The largest absolute Gasteiger partial charge is 0.342 e. The molecule has 0 saturated carbocycles. The van der Waals surface area contributed by atoms with E-state index >= 15 is 0 Å². The van der Waals surface area contributed by atoms with Crippen molar-refractivity contribution in [3.63, 3.8) is 0 Å². The summed E-state index contributed by atoms with van der Waals surface area (Å²) >= 11 is 6.78. The molecule has 0 radical (unpaired) electrons. The van der Waals surface area contributed by atoms with Crippen LogP contribution in [0.3, 0.4) is 0 Å². The highest BCUT2D eigenvalue weighted by Gasteiger charge is 2.28. The summed E-state index contributed by atoms with van der Waals surface area (Å²) in [6.45, 7) is 7.53. The van der Waals surface area contributed by atoms with Crippen molar-refractivity contribution in [2.75, 3.05) is 59.4 Å². The minimum atomic E-state index is -3.73. The van der Waals surface area contributed by atoms with Crippen LogP contribution in [0, 0.1) is 0 Å². The lowest BCUT2D eigenvalue weighted by Gasteiger charge is -2.35. The molecule has 8 nitrogen and oxygen atoms in total. The summed E-state index contributed by atoms with van der Waals surface area (Å²) in [5, 5.41) is 0. The van der Waals surface area contributed by atoms with E-state index in [4.69, 9.17) is 11.6 Å². The standard InChI is InChI=1S/C17H27ClN4O4S2/c1-4-21(5-2)16(24)13-20-8-10-22(11-9-20)15(23)12-19(3)28(25,26)17-7-6-14(18)27-17/h6-7H,4-5,8-13H2,1-3H3. The summed E-state index contributed by atoms with van der Waals surface area (Å²) in [5.41, 5.74) is 0. The van der Waals surface area contributed by atoms with Crippen molar-refractivity contribution in [2.24, 2.45) is 0 Å². The van der Waals surface area contributed by atoms with Crippen LogP contribution in [0.2, 0.25) is 4.34 Å². The zero-order valence-corrected chi connectivity index (χ0v) is 18.8. The molecule has 11 heteroatoms. The molecule has 158 valence electrons. The number of halogens is 1. The maximum Gasteiger partial charge on any atom is 0.252 e. The van der Waals surface area contributed by atoms with Gasteiger partial charge in [0.2, 0.25) is 11.8 Å². The summed E-state index contributed by atoms with van der Waals surface area (Å²) in [4.78, 5) is 30.2. The van der Waals surface area contributed by atoms with Crippen molar-refractivity contribution in [2.45, 2.75) is 18.1 Å². The fourth-order valence-corrected chi connectivity index (χ4v) is 5.80.